The third kappa shape index (κ3) is 3.99. The number of rotatable bonds is 3. The van der Waals surface area contributed by atoms with Gasteiger partial charge < -0.3 is 0 Å². The van der Waals surface area contributed by atoms with Crippen LogP contribution in [0.15, 0.2) is 58.1 Å². The third-order valence-corrected chi connectivity index (χ3v) is 3.58. The summed E-state index contributed by atoms with van der Waals surface area (Å²) in [6.07, 6.45) is 0.672. The van der Waals surface area contributed by atoms with Crippen molar-refractivity contribution in [3.8, 4) is 12.0 Å². The van der Waals surface area contributed by atoms with Gasteiger partial charge in [-0.15, -0.1) is 16.5 Å². The van der Waals surface area contributed by atoms with E-state index in [1.54, 1.807) is 11.3 Å². The quantitative estimate of drug-likeness (QED) is 0.337. The Labute approximate surface area is 115 Å². The second kappa shape index (κ2) is 6.95. The van der Waals surface area contributed by atoms with Gasteiger partial charge in [0.25, 0.3) is 0 Å². The molecule has 0 saturated heterocycles. The van der Waals surface area contributed by atoms with Gasteiger partial charge in [-0.3, -0.25) is 0 Å². The van der Waals surface area contributed by atoms with E-state index in [1.807, 2.05) is 47.8 Å². The second-order valence-electron chi connectivity index (χ2n) is 3.52. The molecular weight excluding hydrogens is 264 g/mol. The van der Waals surface area contributed by atoms with E-state index in [9.17, 15) is 0 Å². The summed E-state index contributed by atoms with van der Waals surface area (Å²) < 4.78 is 0. The Balaban J connectivity index is 1.85. The number of halogens is 1. The fourth-order valence-corrected chi connectivity index (χ4v) is 2.24. The fraction of sp³-hybridized carbons (Fsp3) is 0.143. The maximum Gasteiger partial charge on any atom is 0.179 e. The monoisotopic (exact) mass is 274 g/mol. The minimum absolute atomic E-state index is 0.434. The molecule has 1 heterocycles. The number of hydrogen-bond donors (Lipinski definition) is 0. The highest BCUT2D eigenvalue weighted by atomic mass is 35.5. The third-order valence-electron chi connectivity index (χ3n) is 2.20. The zero-order chi connectivity index (χ0) is 12.6. The van der Waals surface area contributed by atoms with Crippen molar-refractivity contribution in [3.05, 3.63) is 58.3 Å². The van der Waals surface area contributed by atoms with E-state index in [0.717, 1.165) is 4.88 Å². The molecule has 1 aromatic carbocycles. The van der Waals surface area contributed by atoms with Crippen molar-refractivity contribution in [2.24, 2.45) is 10.2 Å². The molecule has 0 radical (unpaired) electrons. The van der Waals surface area contributed by atoms with E-state index in [-0.39, 0.29) is 0 Å². The van der Waals surface area contributed by atoms with Crippen molar-refractivity contribution in [2.75, 3.05) is 0 Å². The number of benzene rings is 1. The molecule has 4 heteroatoms. The van der Waals surface area contributed by atoms with E-state index in [4.69, 9.17) is 11.6 Å². The number of alkyl halides is 1. The van der Waals surface area contributed by atoms with Crippen LogP contribution in [0, 0.1) is 12.0 Å². The fourth-order valence-electron chi connectivity index (χ4n) is 1.34. The van der Waals surface area contributed by atoms with Crippen molar-refractivity contribution in [3.63, 3.8) is 0 Å². The Morgan fingerprint density at radius 1 is 1.17 bits per heavy atom. The first-order valence-corrected chi connectivity index (χ1v) is 6.77. The minimum Gasteiger partial charge on any atom is -0.154 e. The van der Waals surface area contributed by atoms with E-state index >= 15 is 0 Å². The standard InChI is InChI=1S/C14H11ClN2S/c15-14(13-9-5-11-18-13)17-16-10-4-8-12-6-2-1-3-7-12/h1-3,5-7,9,11,14H,8H2. The van der Waals surface area contributed by atoms with Gasteiger partial charge in [-0.2, -0.15) is 5.11 Å². The largest absolute Gasteiger partial charge is 0.179 e. The number of thiophene rings is 1. The van der Waals surface area contributed by atoms with Crippen molar-refractivity contribution in [1.82, 2.24) is 0 Å². The van der Waals surface area contributed by atoms with Crippen LogP contribution in [0.1, 0.15) is 15.9 Å². The van der Waals surface area contributed by atoms with Crippen molar-refractivity contribution >= 4 is 22.9 Å². The normalized spacial score (nSPS) is 12.1. The van der Waals surface area contributed by atoms with Crippen molar-refractivity contribution < 1.29 is 0 Å². The highest BCUT2D eigenvalue weighted by Crippen LogP contribution is 2.26. The average molecular weight is 275 g/mol. The van der Waals surface area contributed by atoms with E-state index in [0.29, 0.717) is 6.42 Å². The highest BCUT2D eigenvalue weighted by molar-refractivity contribution is 7.10. The smallest absolute Gasteiger partial charge is 0.154 e. The summed E-state index contributed by atoms with van der Waals surface area (Å²) in [5, 5.41) is 9.67. The molecule has 90 valence electrons. The molecule has 0 aliphatic rings. The molecule has 0 aliphatic carbocycles. The number of nitrogens with zero attached hydrogens (tertiary/aromatic N) is 2. The van der Waals surface area contributed by atoms with Gasteiger partial charge in [0.2, 0.25) is 0 Å². The lowest BCUT2D eigenvalue weighted by Crippen LogP contribution is -1.79. The van der Waals surface area contributed by atoms with Gasteiger partial charge in [-0.1, -0.05) is 53.9 Å². The number of hydrogen-bond acceptors (Lipinski definition) is 3. The van der Waals surface area contributed by atoms with Gasteiger partial charge in [0.1, 0.15) is 0 Å². The average Bonchev–Trinajstić information content (AvgIpc) is 2.93. The molecule has 1 aromatic heterocycles. The van der Waals surface area contributed by atoms with Gasteiger partial charge in [0.05, 0.1) is 6.04 Å². The Morgan fingerprint density at radius 2 is 2.00 bits per heavy atom. The molecule has 0 saturated carbocycles. The van der Waals surface area contributed by atoms with Crippen LogP contribution in [0.3, 0.4) is 0 Å². The molecule has 1 unspecified atom stereocenters. The van der Waals surface area contributed by atoms with Gasteiger partial charge in [-0.05, 0) is 17.0 Å². The lowest BCUT2D eigenvalue weighted by molar-refractivity contribution is 0.946. The molecule has 0 spiro atoms. The molecular formula is C14H11ClN2S. The summed E-state index contributed by atoms with van der Waals surface area (Å²) >= 11 is 7.58. The van der Waals surface area contributed by atoms with Crippen LogP contribution >= 0.6 is 22.9 Å². The predicted molar refractivity (Wildman–Crippen MR) is 75.7 cm³/mol. The molecule has 2 rings (SSSR count). The summed E-state index contributed by atoms with van der Waals surface area (Å²) in [5.41, 5.74) is 0.733. The van der Waals surface area contributed by atoms with Gasteiger partial charge >= 0.3 is 0 Å². The first-order valence-electron chi connectivity index (χ1n) is 5.45. The Hall–Kier alpha value is -1.63. The van der Waals surface area contributed by atoms with Crippen LogP contribution in [0.5, 0.6) is 0 Å². The first kappa shape index (κ1) is 12.8. The highest BCUT2D eigenvalue weighted by Gasteiger charge is 2.05. The van der Waals surface area contributed by atoms with Crippen LogP contribution in [-0.2, 0) is 6.42 Å². The molecule has 0 bridgehead atoms. The molecule has 18 heavy (non-hydrogen) atoms. The second-order valence-corrected chi connectivity index (χ2v) is 4.91. The molecule has 0 aliphatic heterocycles. The zero-order valence-corrected chi connectivity index (χ0v) is 11.2. The van der Waals surface area contributed by atoms with Gasteiger partial charge in [-0.25, -0.2) is 0 Å². The van der Waals surface area contributed by atoms with Gasteiger partial charge in [0.15, 0.2) is 5.50 Å². The van der Waals surface area contributed by atoms with Crippen LogP contribution in [0.2, 0.25) is 0 Å². The Morgan fingerprint density at radius 3 is 2.72 bits per heavy atom. The number of azo groups is 1. The van der Waals surface area contributed by atoms with Crippen LogP contribution in [0.4, 0.5) is 0 Å². The van der Waals surface area contributed by atoms with E-state index in [2.05, 4.69) is 22.2 Å². The van der Waals surface area contributed by atoms with E-state index in [1.165, 1.54) is 5.56 Å². The van der Waals surface area contributed by atoms with Crippen LogP contribution in [-0.4, -0.2) is 0 Å². The van der Waals surface area contributed by atoms with Crippen LogP contribution < -0.4 is 0 Å². The topological polar surface area (TPSA) is 24.7 Å². The zero-order valence-electron chi connectivity index (χ0n) is 9.58. The maximum absolute atomic E-state index is 6.03. The summed E-state index contributed by atoms with van der Waals surface area (Å²) in [6, 6.07) is 16.5. The van der Waals surface area contributed by atoms with Crippen molar-refractivity contribution in [1.29, 1.82) is 0 Å². The molecule has 0 amide bonds. The Kier molecular flexibility index (Phi) is 4.95. The summed E-state index contributed by atoms with van der Waals surface area (Å²) in [4.78, 5) is 0.977. The summed E-state index contributed by atoms with van der Waals surface area (Å²) in [5.74, 6) is 2.94. The summed E-state index contributed by atoms with van der Waals surface area (Å²) in [6.45, 7) is 0. The minimum atomic E-state index is -0.434. The van der Waals surface area contributed by atoms with Crippen molar-refractivity contribution in [2.45, 2.75) is 11.9 Å². The molecule has 1 atom stereocenters. The van der Waals surface area contributed by atoms with Gasteiger partial charge in [0, 0.05) is 11.3 Å². The first-order chi connectivity index (χ1) is 8.86. The lowest BCUT2D eigenvalue weighted by atomic mass is 10.2. The SMILES string of the molecule is ClC(N=NC#CCc1ccccc1)c1cccs1. The predicted octanol–water partition coefficient (Wildman–Crippen LogP) is 4.64. The molecule has 2 aromatic rings. The molecule has 0 fully saturated rings. The summed E-state index contributed by atoms with van der Waals surface area (Å²) in [7, 11) is 0. The van der Waals surface area contributed by atoms with E-state index < -0.39 is 5.50 Å². The maximum atomic E-state index is 6.03. The Bertz CT molecular complexity index is 552. The lowest BCUT2D eigenvalue weighted by Gasteiger charge is -1.95. The molecule has 0 N–H and O–H groups in total. The molecule has 2 nitrogen and oxygen atoms in total. The van der Waals surface area contributed by atoms with Crippen LogP contribution in [0.25, 0.3) is 0 Å².